The quantitative estimate of drug-likeness (QED) is 0.837. The number of nitrogens with one attached hydrogen (secondary N) is 2. The van der Waals surface area contributed by atoms with Crippen LogP contribution in [-0.4, -0.2) is 47.7 Å². The van der Waals surface area contributed by atoms with Gasteiger partial charge in [0.25, 0.3) is 11.5 Å². The van der Waals surface area contributed by atoms with E-state index in [0.717, 1.165) is 13.1 Å². The summed E-state index contributed by atoms with van der Waals surface area (Å²) in [5.41, 5.74) is -0.0396. The number of carbonyl (C=O) groups is 1. The lowest BCUT2D eigenvalue weighted by Crippen LogP contribution is -2.33. The predicted octanol–water partition coefficient (Wildman–Crippen LogP) is 0.605. The number of likely N-dealkylation sites (N-methyl/N-ethyl adjacent to an activating group) is 1. The summed E-state index contributed by atoms with van der Waals surface area (Å²) in [7, 11) is 1.99. The molecule has 2 aromatic rings. The molecule has 0 aliphatic rings. The van der Waals surface area contributed by atoms with Crippen LogP contribution in [0.25, 0.3) is 10.8 Å². The molecule has 0 saturated heterocycles. The second-order valence-electron chi connectivity index (χ2n) is 4.60. The van der Waals surface area contributed by atoms with Crippen molar-refractivity contribution in [2.45, 2.75) is 6.92 Å². The highest BCUT2D eigenvalue weighted by Crippen LogP contribution is 2.11. The number of nitrogens with zero attached hydrogens (tertiary/aromatic N) is 2. The van der Waals surface area contributed by atoms with E-state index in [1.807, 2.05) is 7.05 Å². The molecule has 0 aliphatic heterocycles. The van der Waals surface area contributed by atoms with Crippen molar-refractivity contribution in [2.24, 2.45) is 0 Å². The van der Waals surface area contributed by atoms with Crippen molar-refractivity contribution in [3.8, 4) is 0 Å². The highest BCUT2D eigenvalue weighted by atomic mass is 16.2. The van der Waals surface area contributed by atoms with Gasteiger partial charge in [-0.15, -0.1) is 0 Å². The van der Waals surface area contributed by atoms with E-state index in [4.69, 9.17) is 0 Å². The summed E-state index contributed by atoms with van der Waals surface area (Å²) in [6.45, 7) is 4.29. The van der Waals surface area contributed by atoms with Gasteiger partial charge in [-0.1, -0.05) is 25.1 Å². The highest BCUT2D eigenvalue weighted by Gasteiger charge is 2.13. The zero-order valence-electron chi connectivity index (χ0n) is 11.6. The fourth-order valence-corrected chi connectivity index (χ4v) is 1.89. The minimum Gasteiger partial charge on any atom is -0.349 e. The summed E-state index contributed by atoms with van der Waals surface area (Å²) in [6, 6.07) is 6.95. The summed E-state index contributed by atoms with van der Waals surface area (Å²) in [5, 5.41) is 10.1. The molecule has 0 spiro atoms. The van der Waals surface area contributed by atoms with Crippen LogP contribution >= 0.6 is 0 Å². The number of aromatic amines is 1. The van der Waals surface area contributed by atoms with Crippen molar-refractivity contribution in [1.82, 2.24) is 20.4 Å². The van der Waals surface area contributed by atoms with Crippen molar-refractivity contribution < 1.29 is 4.79 Å². The van der Waals surface area contributed by atoms with E-state index in [9.17, 15) is 9.59 Å². The first-order valence-electron chi connectivity index (χ1n) is 6.57. The van der Waals surface area contributed by atoms with E-state index in [-0.39, 0.29) is 17.2 Å². The van der Waals surface area contributed by atoms with Gasteiger partial charge in [-0.2, -0.15) is 5.10 Å². The first-order chi connectivity index (χ1) is 9.63. The lowest BCUT2D eigenvalue weighted by molar-refractivity contribution is 0.0946. The Morgan fingerprint density at radius 1 is 1.35 bits per heavy atom. The second-order valence-corrected chi connectivity index (χ2v) is 4.60. The number of carbonyl (C=O) groups excluding carboxylic acids is 1. The maximum Gasteiger partial charge on any atom is 0.272 e. The number of aromatic nitrogens is 2. The Balaban J connectivity index is 2.19. The molecule has 0 unspecified atom stereocenters. The van der Waals surface area contributed by atoms with E-state index in [2.05, 4.69) is 27.3 Å². The fraction of sp³-hybridized carbons (Fsp3) is 0.357. The van der Waals surface area contributed by atoms with Gasteiger partial charge in [0.05, 0.1) is 5.39 Å². The Bertz CT molecular complexity index is 666. The zero-order chi connectivity index (χ0) is 14.5. The van der Waals surface area contributed by atoms with Gasteiger partial charge in [-0.05, 0) is 19.7 Å². The Morgan fingerprint density at radius 2 is 2.05 bits per heavy atom. The molecule has 0 fully saturated rings. The number of benzene rings is 1. The molecule has 1 aromatic heterocycles. The normalized spacial score (nSPS) is 10.9. The number of fused-ring (bicyclic) bond motifs is 1. The average Bonchev–Trinajstić information content (AvgIpc) is 2.47. The van der Waals surface area contributed by atoms with E-state index < -0.39 is 0 Å². The predicted molar refractivity (Wildman–Crippen MR) is 77.9 cm³/mol. The van der Waals surface area contributed by atoms with Crippen LogP contribution in [0.1, 0.15) is 17.4 Å². The summed E-state index contributed by atoms with van der Waals surface area (Å²) in [6.07, 6.45) is 0. The first kappa shape index (κ1) is 14.2. The van der Waals surface area contributed by atoms with Gasteiger partial charge < -0.3 is 10.2 Å². The summed E-state index contributed by atoms with van der Waals surface area (Å²) in [5.74, 6) is -0.276. The number of hydrogen-bond donors (Lipinski definition) is 2. The summed E-state index contributed by atoms with van der Waals surface area (Å²) >= 11 is 0. The number of amides is 1. The average molecular weight is 274 g/mol. The van der Waals surface area contributed by atoms with Crippen molar-refractivity contribution in [3.05, 3.63) is 40.3 Å². The molecule has 0 bridgehead atoms. The fourth-order valence-electron chi connectivity index (χ4n) is 1.89. The van der Waals surface area contributed by atoms with E-state index in [1.54, 1.807) is 24.3 Å². The lowest BCUT2D eigenvalue weighted by atomic mass is 10.1. The first-order valence-corrected chi connectivity index (χ1v) is 6.57. The molecule has 1 aromatic carbocycles. The summed E-state index contributed by atoms with van der Waals surface area (Å²) < 4.78 is 0. The standard InChI is InChI=1S/C14H18N4O2/c1-3-18(2)9-8-15-14(20)12-10-6-4-5-7-11(10)13(19)17-16-12/h4-7H,3,8-9H2,1-2H3,(H,15,20)(H,17,19). The van der Waals surface area contributed by atoms with Gasteiger partial charge in [0.2, 0.25) is 0 Å². The minimum atomic E-state index is -0.289. The molecule has 20 heavy (non-hydrogen) atoms. The molecule has 0 saturated carbocycles. The van der Waals surface area contributed by atoms with Crippen LogP contribution in [0.2, 0.25) is 0 Å². The van der Waals surface area contributed by atoms with Crippen LogP contribution in [0.4, 0.5) is 0 Å². The van der Waals surface area contributed by atoms with Crippen molar-refractivity contribution in [2.75, 3.05) is 26.7 Å². The van der Waals surface area contributed by atoms with E-state index >= 15 is 0 Å². The molecule has 2 rings (SSSR count). The summed E-state index contributed by atoms with van der Waals surface area (Å²) in [4.78, 5) is 25.9. The third-order valence-corrected chi connectivity index (χ3v) is 3.23. The zero-order valence-corrected chi connectivity index (χ0v) is 11.6. The molecule has 0 aliphatic carbocycles. The molecular formula is C14H18N4O2. The largest absolute Gasteiger partial charge is 0.349 e. The second kappa shape index (κ2) is 6.29. The third-order valence-electron chi connectivity index (χ3n) is 3.23. The van der Waals surface area contributed by atoms with E-state index in [0.29, 0.717) is 17.3 Å². The maximum absolute atomic E-state index is 12.1. The van der Waals surface area contributed by atoms with Gasteiger partial charge in [-0.25, -0.2) is 5.10 Å². The van der Waals surface area contributed by atoms with Gasteiger partial charge in [0, 0.05) is 18.5 Å². The van der Waals surface area contributed by atoms with Crippen molar-refractivity contribution in [3.63, 3.8) is 0 Å². The van der Waals surface area contributed by atoms with Crippen molar-refractivity contribution in [1.29, 1.82) is 0 Å². The maximum atomic E-state index is 12.1. The molecule has 106 valence electrons. The highest BCUT2D eigenvalue weighted by molar-refractivity contribution is 6.04. The van der Waals surface area contributed by atoms with Gasteiger partial charge in [0.1, 0.15) is 0 Å². The number of rotatable bonds is 5. The third kappa shape index (κ3) is 3.03. The van der Waals surface area contributed by atoms with Crippen LogP contribution in [-0.2, 0) is 0 Å². The smallest absolute Gasteiger partial charge is 0.272 e. The van der Waals surface area contributed by atoms with Crippen LogP contribution in [0.15, 0.2) is 29.1 Å². The molecule has 0 atom stereocenters. The lowest BCUT2D eigenvalue weighted by Gasteiger charge is -2.14. The number of hydrogen-bond acceptors (Lipinski definition) is 4. The van der Waals surface area contributed by atoms with Crippen LogP contribution < -0.4 is 10.9 Å². The molecule has 6 nitrogen and oxygen atoms in total. The Labute approximate surface area is 116 Å². The molecule has 6 heteroatoms. The Hall–Kier alpha value is -2.21. The van der Waals surface area contributed by atoms with Crippen LogP contribution in [0.5, 0.6) is 0 Å². The number of H-pyrrole nitrogens is 1. The van der Waals surface area contributed by atoms with Crippen LogP contribution in [0.3, 0.4) is 0 Å². The minimum absolute atomic E-state index is 0.249. The molecule has 1 heterocycles. The van der Waals surface area contributed by atoms with E-state index in [1.165, 1.54) is 0 Å². The van der Waals surface area contributed by atoms with Gasteiger partial charge >= 0.3 is 0 Å². The van der Waals surface area contributed by atoms with Crippen molar-refractivity contribution >= 4 is 16.7 Å². The van der Waals surface area contributed by atoms with Gasteiger partial charge in [-0.3, -0.25) is 9.59 Å². The molecule has 1 amide bonds. The Kier molecular flexibility index (Phi) is 4.47. The topological polar surface area (TPSA) is 78.1 Å². The van der Waals surface area contributed by atoms with Crippen LogP contribution in [0, 0.1) is 0 Å². The molecular weight excluding hydrogens is 256 g/mol. The Morgan fingerprint density at radius 3 is 2.75 bits per heavy atom. The monoisotopic (exact) mass is 274 g/mol. The molecule has 2 N–H and O–H groups in total. The molecule has 0 radical (unpaired) electrons. The van der Waals surface area contributed by atoms with Gasteiger partial charge in [0.15, 0.2) is 5.69 Å². The SMILES string of the molecule is CCN(C)CCNC(=O)c1n[nH]c(=O)c2ccccc12.